The first-order chi connectivity index (χ1) is 11.3. The predicted octanol–water partition coefficient (Wildman–Crippen LogP) is 4.00. The largest absolute Gasteiger partial charge is 0.479 e. The number of nitrogens with one attached hydrogen (secondary N) is 1. The first-order valence-electron chi connectivity index (χ1n) is 8.49. The van der Waals surface area contributed by atoms with Crippen LogP contribution in [0, 0.1) is 5.92 Å². The van der Waals surface area contributed by atoms with Crippen molar-refractivity contribution >= 4 is 29.1 Å². The summed E-state index contributed by atoms with van der Waals surface area (Å²) in [5, 5.41) is 4.03. The Balaban J connectivity index is 1.80. The van der Waals surface area contributed by atoms with Crippen LogP contribution in [-0.4, -0.2) is 42.6 Å². The Hall–Kier alpha value is -0.970. The smallest absolute Gasteiger partial charge is 0.260 e. The standard InChI is InChI=1S/C18H26Cl2N2O2/c1-12(2)11-22-8-6-15(7-9-22)21-18(23)13(3)24-17-5-4-14(19)10-16(17)20/h4-5,10,12-13,15H,6-9,11H2,1-3H3,(H,21,23). The molecule has 1 aromatic carbocycles. The summed E-state index contributed by atoms with van der Waals surface area (Å²) in [4.78, 5) is 14.8. The van der Waals surface area contributed by atoms with Crippen LogP contribution in [0.2, 0.25) is 10.0 Å². The van der Waals surface area contributed by atoms with Gasteiger partial charge in [-0.3, -0.25) is 4.79 Å². The minimum Gasteiger partial charge on any atom is -0.479 e. The fraction of sp³-hybridized carbons (Fsp3) is 0.611. The van der Waals surface area contributed by atoms with Crippen LogP contribution in [0.5, 0.6) is 5.75 Å². The molecule has 1 aromatic rings. The van der Waals surface area contributed by atoms with Gasteiger partial charge in [0, 0.05) is 30.7 Å². The van der Waals surface area contributed by atoms with E-state index in [0.29, 0.717) is 21.7 Å². The number of rotatable bonds is 6. The second-order valence-electron chi connectivity index (χ2n) is 6.81. The quantitative estimate of drug-likeness (QED) is 0.820. The van der Waals surface area contributed by atoms with Gasteiger partial charge in [-0.2, -0.15) is 0 Å². The molecule has 1 amide bonds. The molecule has 1 N–H and O–H groups in total. The highest BCUT2D eigenvalue weighted by Gasteiger charge is 2.24. The van der Waals surface area contributed by atoms with Crippen molar-refractivity contribution in [3.63, 3.8) is 0 Å². The number of ether oxygens (including phenoxy) is 1. The monoisotopic (exact) mass is 372 g/mol. The van der Waals surface area contributed by atoms with Crippen LogP contribution in [0.4, 0.5) is 0 Å². The predicted molar refractivity (Wildman–Crippen MR) is 99.0 cm³/mol. The van der Waals surface area contributed by atoms with Crippen LogP contribution in [0.15, 0.2) is 18.2 Å². The third kappa shape index (κ3) is 5.83. The van der Waals surface area contributed by atoms with Crippen molar-refractivity contribution < 1.29 is 9.53 Å². The van der Waals surface area contributed by atoms with E-state index in [-0.39, 0.29) is 11.9 Å². The van der Waals surface area contributed by atoms with Crippen LogP contribution >= 0.6 is 23.2 Å². The lowest BCUT2D eigenvalue weighted by atomic mass is 10.0. The number of carbonyl (C=O) groups excluding carboxylic acids is 1. The van der Waals surface area contributed by atoms with E-state index in [2.05, 4.69) is 24.1 Å². The van der Waals surface area contributed by atoms with E-state index in [1.807, 2.05) is 0 Å². The molecule has 24 heavy (non-hydrogen) atoms. The normalized spacial score (nSPS) is 17.8. The zero-order chi connectivity index (χ0) is 17.7. The number of hydrogen-bond acceptors (Lipinski definition) is 3. The maximum Gasteiger partial charge on any atom is 0.260 e. The number of hydrogen-bond donors (Lipinski definition) is 1. The summed E-state index contributed by atoms with van der Waals surface area (Å²) in [7, 11) is 0. The van der Waals surface area contributed by atoms with Crippen molar-refractivity contribution in [2.24, 2.45) is 5.92 Å². The number of likely N-dealkylation sites (tertiary alicyclic amines) is 1. The van der Waals surface area contributed by atoms with E-state index >= 15 is 0 Å². The second kappa shape index (κ2) is 8.93. The maximum absolute atomic E-state index is 12.3. The Labute approximate surface area is 154 Å². The zero-order valence-corrected chi connectivity index (χ0v) is 16.0. The molecule has 6 heteroatoms. The van der Waals surface area contributed by atoms with Crippen LogP contribution in [-0.2, 0) is 4.79 Å². The summed E-state index contributed by atoms with van der Waals surface area (Å²) in [5.41, 5.74) is 0. The van der Waals surface area contributed by atoms with Gasteiger partial charge in [-0.15, -0.1) is 0 Å². The summed E-state index contributed by atoms with van der Waals surface area (Å²) in [6.45, 7) is 9.37. The summed E-state index contributed by atoms with van der Waals surface area (Å²) in [6, 6.07) is 5.19. The van der Waals surface area contributed by atoms with Crippen LogP contribution in [0.3, 0.4) is 0 Å². The number of benzene rings is 1. The van der Waals surface area contributed by atoms with Crippen molar-refractivity contribution in [2.75, 3.05) is 19.6 Å². The topological polar surface area (TPSA) is 41.6 Å². The number of carbonyl (C=O) groups is 1. The van der Waals surface area contributed by atoms with E-state index in [4.69, 9.17) is 27.9 Å². The van der Waals surface area contributed by atoms with Gasteiger partial charge in [0.2, 0.25) is 0 Å². The third-order valence-corrected chi connectivity index (χ3v) is 4.65. The number of piperidine rings is 1. The van der Waals surface area contributed by atoms with Crippen LogP contribution in [0.25, 0.3) is 0 Å². The summed E-state index contributed by atoms with van der Waals surface area (Å²) >= 11 is 11.9. The molecule has 0 radical (unpaired) electrons. The molecule has 2 rings (SSSR count). The van der Waals surface area contributed by atoms with E-state index in [0.717, 1.165) is 32.5 Å². The van der Waals surface area contributed by atoms with Gasteiger partial charge in [-0.1, -0.05) is 37.0 Å². The van der Waals surface area contributed by atoms with Crippen molar-refractivity contribution in [1.82, 2.24) is 10.2 Å². The minimum absolute atomic E-state index is 0.108. The molecule has 134 valence electrons. The van der Waals surface area contributed by atoms with Crippen molar-refractivity contribution in [3.8, 4) is 5.75 Å². The van der Waals surface area contributed by atoms with Gasteiger partial charge in [0.05, 0.1) is 5.02 Å². The number of halogens is 2. The molecular weight excluding hydrogens is 347 g/mol. The maximum atomic E-state index is 12.3. The van der Waals surface area contributed by atoms with Crippen LogP contribution < -0.4 is 10.1 Å². The highest BCUT2D eigenvalue weighted by molar-refractivity contribution is 6.35. The molecule has 1 aliphatic heterocycles. The SMILES string of the molecule is CC(C)CN1CCC(NC(=O)C(C)Oc2ccc(Cl)cc2Cl)CC1. The average Bonchev–Trinajstić information content (AvgIpc) is 2.51. The molecular formula is C18H26Cl2N2O2. The summed E-state index contributed by atoms with van der Waals surface area (Å²) < 4.78 is 5.66. The fourth-order valence-corrected chi connectivity index (χ4v) is 3.36. The van der Waals surface area contributed by atoms with Gasteiger partial charge in [0.1, 0.15) is 5.75 Å². The lowest BCUT2D eigenvalue weighted by Gasteiger charge is -2.33. The van der Waals surface area contributed by atoms with E-state index < -0.39 is 6.10 Å². The van der Waals surface area contributed by atoms with Crippen molar-refractivity contribution in [1.29, 1.82) is 0 Å². The van der Waals surface area contributed by atoms with Gasteiger partial charge >= 0.3 is 0 Å². The lowest BCUT2D eigenvalue weighted by Crippen LogP contribution is -2.48. The molecule has 1 saturated heterocycles. The van der Waals surface area contributed by atoms with E-state index in [1.54, 1.807) is 25.1 Å². The molecule has 0 aliphatic carbocycles. The number of amides is 1. The molecule has 4 nitrogen and oxygen atoms in total. The molecule has 1 aliphatic rings. The average molecular weight is 373 g/mol. The first-order valence-corrected chi connectivity index (χ1v) is 9.25. The Morgan fingerprint density at radius 2 is 1.96 bits per heavy atom. The number of nitrogens with zero attached hydrogens (tertiary/aromatic N) is 1. The molecule has 0 bridgehead atoms. The highest BCUT2D eigenvalue weighted by atomic mass is 35.5. The Morgan fingerprint density at radius 3 is 2.54 bits per heavy atom. The molecule has 1 fully saturated rings. The third-order valence-electron chi connectivity index (χ3n) is 4.12. The molecule has 0 spiro atoms. The first kappa shape index (κ1) is 19.4. The second-order valence-corrected chi connectivity index (χ2v) is 7.66. The Morgan fingerprint density at radius 1 is 1.29 bits per heavy atom. The molecule has 0 aromatic heterocycles. The van der Waals surface area contributed by atoms with Gasteiger partial charge in [-0.05, 0) is 43.9 Å². The van der Waals surface area contributed by atoms with Gasteiger partial charge in [0.15, 0.2) is 6.10 Å². The molecule has 1 heterocycles. The zero-order valence-electron chi connectivity index (χ0n) is 14.5. The lowest BCUT2D eigenvalue weighted by molar-refractivity contribution is -0.128. The summed E-state index contributed by atoms with van der Waals surface area (Å²) in [5.74, 6) is 1.03. The van der Waals surface area contributed by atoms with Crippen LogP contribution in [0.1, 0.15) is 33.6 Å². The minimum atomic E-state index is -0.600. The van der Waals surface area contributed by atoms with E-state index in [1.165, 1.54) is 0 Å². The molecule has 0 saturated carbocycles. The van der Waals surface area contributed by atoms with Gasteiger partial charge < -0.3 is 15.0 Å². The Kier molecular flexibility index (Phi) is 7.20. The van der Waals surface area contributed by atoms with Crippen molar-refractivity contribution in [2.45, 2.75) is 45.8 Å². The molecule has 1 atom stereocenters. The summed E-state index contributed by atoms with van der Waals surface area (Å²) in [6.07, 6.45) is 1.36. The van der Waals surface area contributed by atoms with E-state index in [9.17, 15) is 4.79 Å². The molecule has 1 unspecified atom stereocenters. The highest BCUT2D eigenvalue weighted by Crippen LogP contribution is 2.28. The van der Waals surface area contributed by atoms with Gasteiger partial charge in [0.25, 0.3) is 5.91 Å². The Bertz CT molecular complexity index is 558. The fourth-order valence-electron chi connectivity index (χ4n) is 2.91. The van der Waals surface area contributed by atoms with Gasteiger partial charge in [-0.25, -0.2) is 0 Å². The van der Waals surface area contributed by atoms with Crippen molar-refractivity contribution in [3.05, 3.63) is 28.2 Å².